The van der Waals surface area contributed by atoms with Crippen molar-refractivity contribution in [1.82, 2.24) is 14.9 Å². The standard InChI is InChI=1S/C26H29ClN6O2S/c1-17-7-9-20(10-8-17)28-24(34)16-36-25-30-22(27)14-23(31-25)32-11-12-33(19(3)15-32)26(35)29-21-6-4-5-18(2)13-21/h4-10,13-14,19H,11-12,15-16H2,1-3H3,(H,28,34)(H,29,35). The second kappa shape index (κ2) is 11.6. The number of amides is 3. The van der Waals surface area contributed by atoms with Gasteiger partial charge in [0.1, 0.15) is 11.0 Å². The van der Waals surface area contributed by atoms with E-state index in [0.29, 0.717) is 35.8 Å². The Labute approximate surface area is 220 Å². The van der Waals surface area contributed by atoms with Gasteiger partial charge in [-0.3, -0.25) is 4.79 Å². The quantitative estimate of drug-likeness (QED) is 0.261. The van der Waals surface area contributed by atoms with Gasteiger partial charge in [0.05, 0.1) is 5.75 Å². The van der Waals surface area contributed by atoms with Crippen LogP contribution in [0.2, 0.25) is 5.15 Å². The molecule has 10 heteroatoms. The maximum absolute atomic E-state index is 12.8. The number of thioether (sulfide) groups is 1. The number of benzene rings is 2. The number of hydrogen-bond acceptors (Lipinski definition) is 6. The molecule has 1 aliphatic heterocycles. The summed E-state index contributed by atoms with van der Waals surface area (Å²) in [5.74, 6) is 0.703. The van der Waals surface area contributed by atoms with Gasteiger partial charge < -0.3 is 20.4 Å². The van der Waals surface area contributed by atoms with Crippen LogP contribution in [-0.4, -0.2) is 58.2 Å². The van der Waals surface area contributed by atoms with Gasteiger partial charge in [-0.05, 0) is 50.6 Å². The van der Waals surface area contributed by atoms with E-state index in [1.54, 1.807) is 6.07 Å². The zero-order valence-electron chi connectivity index (χ0n) is 20.5. The van der Waals surface area contributed by atoms with E-state index in [4.69, 9.17) is 11.6 Å². The third-order valence-corrected chi connectivity index (χ3v) is 6.85. The Morgan fingerprint density at radius 2 is 1.78 bits per heavy atom. The van der Waals surface area contributed by atoms with E-state index in [1.807, 2.05) is 74.2 Å². The normalized spacial score (nSPS) is 15.5. The average Bonchev–Trinajstić information content (AvgIpc) is 2.84. The molecule has 1 unspecified atom stereocenters. The maximum Gasteiger partial charge on any atom is 0.322 e. The Balaban J connectivity index is 1.34. The number of carbonyl (C=O) groups is 2. The second-order valence-electron chi connectivity index (χ2n) is 8.82. The molecular weight excluding hydrogens is 496 g/mol. The van der Waals surface area contributed by atoms with Crippen LogP contribution >= 0.6 is 23.4 Å². The molecule has 188 valence electrons. The number of piperazine rings is 1. The van der Waals surface area contributed by atoms with Gasteiger partial charge in [-0.25, -0.2) is 14.8 Å². The third-order valence-electron chi connectivity index (χ3n) is 5.81. The van der Waals surface area contributed by atoms with Crippen molar-refractivity contribution in [3.05, 3.63) is 70.9 Å². The van der Waals surface area contributed by atoms with Crippen molar-refractivity contribution in [3.63, 3.8) is 0 Å². The van der Waals surface area contributed by atoms with Crippen LogP contribution in [0.15, 0.2) is 59.8 Å². The summed E-state index contributed by atoms with van der Waals surface area (Å²) < 4.78 is 0. The maximum atomic E-state index is 12.8. The predicted octanol–water partition coefficient (Wildman–Crippen LogP) is 5.22. The summed E-state index contributed by atoms with van der Waals surface area (Å²) >= 11 is 7.51. The van der Waals surface area contributed by atoms with E-state index in [1.165, 1.54) is 11.8 Å². The first kappa shape index (κ1) is 25.8. The molecule has 3 amide bonds. The monoisotopic (exact) mass is 524 g/mol. The van der Waals surface area contributed by atoms with E-state index >= 15 is 0 Å². The van der Waals surface area contributed by atoms with E-state index in [-0.39, 0.29) is 23.7 Å². The van der Waals surface area contributed by atoms with Gasteiger partial charge >= 0.3 is 6.03 Å². The topological polar surface area (TPSA) is 90.5 Å². The van der Waals surface area contributed by atoms with Gasteiger partial charge in [-0.1, -0.05) is 53.2 Å². The highest BCUT2D eigenvalue weighted by molar-refractivity contribution is 7.99. The number of aromatic nitrogens is 2. The average molecular weight is 525 g/mol. The fourth-order valence-electron chi connectivity index (χ4n) is 3.96. The minimum Gasteiger partial charge on any atom is -0.353 e. The highest BCUT2D eigenvalue weighted by atomic mass is 35.5. The SMILES string of the molecule is Cc1ccc(NC(=O)CSc2nc(Cl)cc(N3CCN(C(=O)Nc4cccc(C)c4)C(C)C3)n2)cc1. The first-order chi connectivity index (χ1) is 17.3. The Kier molecular flexibility index (Phi) is 8.32. The van der Waals surface area contributed by atoms with Crippen LogP contribution in [0.25, 0.3) is 0 Å². The highest BCUT2D eigenvalue weighted by Gasteiger charge is 2.28. The molecule has 3 aromatic rings. The van der Waals surface area contributed by atoms with Crippen molar-refractivity contribution < 1.29 is 9.59 Å². The van der Waals surface area contributed by atoms with Crippen LogP contribution in [0.3, 0.4) is 0 Å². The van der Waals surface area contributed by atoms with E-state index in [2.05, 4.69) is 25.5 Å². The number of halogens is 1. The molecule has 0 saturated carbocycles. The molecule has 0 spiro atoms. The molecule has 4 rings (SSSR count). The fourth-order valence-corrected chi connectivity index (χ4v) is 4.84. The summed E-state index contributed by atoms with van der Waals surface area (Å²) in [4.78, 5) is 38.0. The molecule has 0 aliphatic carbocycles. The van der Waals surface area contributed by atoms with Gasteiger partial charge in [-0.15, -0.1) is 0 Å². The van der Waals surface area contributed by atoms with Gasteiger partial charge in [-0.2, -0.15) is 0 Å². The number of nitrogens with one attached hydrogen (secondary N) is 2. The van der Waals surface area contributed by atoms with Crippen LogP contribution in [0, 0.1) is 13.8 Å². The number of anilines is 3. The smallest absolute Gasteiger partial charge is 0.322 e. The van der Waals surface area contributed by atoms with E-state index < -0.39 is 0 Å². The Morgan fingerprint density at radius 3 is 2.50 bits per heavy atom. The lowest BCUT2D eigenvalue weighted by atomic mass is 10.2. The number of hydrogen-bond donors (Lipinski definition) is 2. The van der Waals surface area contributed by atoms with Crippen molar-refractivity contribution in [3.8, 4) is 0 Å². The van der Waals surface area contributed by atoms with Gasteiger partial charge in [0.2, 0.25) is 5.91 Å². The number of aryl methyl sites for hydroxylation is 2. The van der Waals surface area contributed by atoms with Gasteiger partial charge in [0.25, 0.3) is 0 Å². The van der Waals surface area contributed by atoms with Crippen LogP contribution in [-0.2, 0) is 4.79 Å². The first-order valence-electron chi connectivity index (χ1n) is 11.7. The molecule has 0 bridgehead atoms. The summed E-state index contributed by atoms with van der Waals surface area (Å²) in [5.41, 5.74) is 3.75. The van der Waals surface area contributed by atoms with Crippen molar-refractivity contribution in [2.24, 2.45) is 0 Å². The minimum atomic E-state index is -0.143. The molecular formula is C26H29ClN6O2S. The largest absolute Gasteiger partial charge is 0.353 e. The summed E-state index contributed by atoms with van der Waals surface area (Å²) in [7, 11) is 0. The molecule has 2 N–H and O–H groups in total. The molecule has 1 aliphatic rings. The lowest BCUT2D eigenvalue weighted by Crippen LogP contribution is -2.55. The number of nitrogens with zero attached hydrogens (tertiary/aromatic N) is 4. The Hall–Kier alpha value is -3.30. The van der Waals surface area contributed by atoms with E-state index in [9.17, 15) is 9.59 Å². The van der Waals surface area contributed by atoms with Crippen LogP contribution in [0.5, 0.6) is 0 Å². The molecule has 1 saturated heterocycles. The van der Waals surface area contributed by atoms with Crippen LogP contribution in [0.1, 0.15) is 18.1 Å². The predicted molar refractivity (Wildman–Crippen MR) is 146 cm³/mol. The second-order valence-corrected chi connectivity index (χ2v) is 10.2. The minimum absolute atomic E-state index is 0.0336. The molecule has 1 fully saturated rings. The lowest BCUT2D eigenvalue weighted by Gasteiger charge is -2.40. The Bertz CT molecular complexity index is 1240. The Morgan fingerprint density at radius 1 is 1.00 bits per heavy atom. The third kappa shape index (κ3) is 6.89. The highest BCUT2D eigenvalue weighted by Crippen LogP contribution is 2.25. The van der Waals surface area contributed by atoms with Crippen LogP contribution in [0.4, 0.5) is 22.0 Å². The molecule has 1 aromatic heterocycles. The van der Waals surface area contributed by atoms with Crippen molar-refractivity contribution >= 4 is 52.5 Å². The molecule has 2 heterocycles. The van der Waals surface area contributed by atoms with Crippen LogP contribution < -0.4 is 15.5 Å². The zero-order chi connectivity index (χ0) is 25.7. The van der Waals surface area contributed by atoms with Gasteiger partial charge in [0.15, 0.2) is 5.16 Å². The summed E-state index contributed by atoms with van der Waals surface area (Å²) in [6.07, 6.45) is 0. The molecule has 1 atom stereocenters. The van der Waals surface area contributed by atoms with Crippen molar-refractivity contribution in [2.45, 2.75) is 32.0 Å². The molecule has 36 heavy (non-hydrogen) atoms. The summed E-state index contributed by atoms with van der Waals surface area (Å²) in [6.45, 7) is 7.75. The summed E-state index contributed by atoms with van der Waals surface area (Å²) in [5, 5.41) is 6.60. The zero-order valence-corrected chi connectivity index (χ0v) is 22.1. The first-order valence-corrected chi connectivity index (χ1v) is 13.1. The number of carbonyl (C=O) groups excluding carboxylic acids is 2. The summed E-state index contributed by atoms with van der Waals surface area (Å²) in [6, 6.07) is 16.9. The number of rotatable bonds is 6. The van der Waals surface area contributed by atoms with Crippen molar-refractivity contribution in [2.75, 3.05) is 40.9 Å². The lowest BCUT2D eigenvalue weighted by molar-refractivity contribution is -0.113. The van der Waals surface area contributed by atoms with Gasteiger partial charge in [0, 0.05) is 43.1 Å². The molecule has 2 aromatic carbocycles. The molecule has 8 nitrogen and oxygen atoms in total. The fraction of sp³-hybridized carbons (Fsp3) is 0.308. The number of urea groups is 1. The molecule has 0 radical (unpaired) electrons. The van der Waals surface area contributed by atoms with Crippen molar-refractivity contribution in [1.29, 1.82) is 0 Å². The van der Waals surface area contributed by atoms with E-state index in [0.717, 1.165) is 22.5 Å².